The summed E-state index contributed by atoms with van der Waals surface area (Å²) in [4.78, 5) is 14.2. The summed E-state index contributed by atoms with van der Waals surface area (Å²) >= 11 is 1.90. The minimum absolute atomic E-state index is 0.360. The quantitative estimate of drug-likeness (QED) is 0.303. The third-order valence-corrected chi connectivity index (χ3v) is 8.46. The van der Waals surface area contributed by atoms with Gasteiger partial charge in [-0.05, 0) is 69.0 Å². The molecule has 1 N–H and O–H groups in total. The Morgan fingerprint density at radius 3 is 2.35 bits per heavy atom. The van der Waals surface area contributed by atoms with Crippen LogP contribution in [-0.4, -0.2) is 58.9 Å². The molecule has 1 unspecified atom stereocenters. The number of thioether (sulfide) groups is 1. The van der Waals surface area contributed by atoms with Crippen LogP contribution in [0.15, 0.2) is 53.5 Å². The van der Waals surface area contributed by atoms with Gasteiger partial charge in [-0.2, -0.15) is 0 Å². The maximum atomic E-state index is 6.35. The second-order valence-electron chi connectivity index (χ2n) is 11.5. The van der Waals surface area contributed by atoms with Crippen LogP contribution >= 0.6 is 11.8 Å². The zero-order valence-corrected chi connectivity index (χ0v) is 23.9. The van der Waals surface area contributed by atoms with E-state index >= 15 is 0 Å². The van der Waals surface area contributed by atoms with Crippen molar-refractivity contribution in [1.29, 1.82) is 0 Å². The van der Waals surface area contributed by atoms with Gasteiger partial charge in [0.1, 0.15) is 16.5 Å². The van der Waals surface area contributed by atoms with Crippen molar-refractivity contribution in [2.75, 3.05) is 36.8 Å². The molecule has 37 heavy (non-hydrogen) atoms. The van der Waals surface area contributed by atoms with E-state index in [1.165, 1.54) is 42.5 Å². The van der Waals surface area contributed by atoms with Gasteiger partial charge in [-0.15, -0.1) is 11.8 Å². The van der Waals surface area contributed by atoms with Crippen LogP contribution in [0.25, 0.3) is 10.9 Å². The number of H-pyrrole nitrogens is 1. The summed E-state index contributed by atoms with van der Waals surface area (Å²) in [6, 6.07) is 17.6. The molecule has 0 spiro atoms. The molecule has 1 saturated heterocycles. The monoisotopic (exact) mass is 518 g/mol. The molecule has 5 rings (SSSR count). The Labute approximate surface area is 226 Å². The smallest absolute Gasteiger partial charge is 0.130 e. The second kappa shape index (κ2) is 11.5. The van der Waals surface area contributed by atoms with Crippen molar-refractivity contribution in [3.63, 3.8) is 0 Å². The lowest BCUT2D eigenvalue weighted by molar-refractivity contribution is 0.237. The van der Waals surface area contributed by atoms with Gasteiger partial charge in [0.05, 0.1) is 22.9 Å². The highest BCUT2D eigenvalue weighted by molar-refractivity contribution is 8.14. The van der Waals surface area contributed by atoms with Gasteiger partial charge in [-0.1, -0.05) is 45.9 Å². The van der Waals surface area contributed by atoms with Crippen LogP contribution in [0, 0.1) is 11.8 Å². The van der Waals surface area contributed by atoms with Crippen molar-refractivity contribution in [3.8, 4) is 11.5 Å². The molecule has 2 aromatic carbocycles. The molecular formula is C31H42N4OS. The van der Waals surface area contributed by atoms with E-state index in [1.54, 1.807) is 0 Å². The van der Waals surface area contributed by atoms with Crippen LogP contribution < -0.4 is 9.64 Å². The number of para-hydroxylation sites is 1. The average Bonchev–Trinajstić information content (AvgIpc) is 3.63. The predicted octanol–water partition coefficient (Wildman–Crippen LogP) is 7.42. The van der Waals surface area contributed by atoms with E-state index in [9.17, 15) is 0 Å². The first-order valence-corrected chi connectivity index (χ1v) is 15.0. The molecule has 3 heterocycles. The maximum Gasteiger partial charge on any atom is 0.130 e. The molecule has 2 atom stereocenters. The molecule has 2 aliphatic heterocycles. The number of nitrogens with zero attached hydrogens (tertiary/aromatic N) is 3. The van der Waals surface area contributed by atoms with Crippen molar-refractivity contribution < 1.29 is 4.74 Å². The Balaban J connectivity index is 1.51. The van der Waals surface area contributed by atoms with Gasteiger partial charge in [0.15, 0.2) is 0 Å². The molecule has 2 aliphatic rings. The number of hydrogen-bond donors (Lipinski definition) is 1. The second-order valence-corrected chi connectivity index (χ2v) is 12.5. The van der Waals surface area contributed by atoms with Crippen LogP contribution in [0.4, 0.5) is 5.69 Å². The highest BCUT2D eigenvalue weighted by Gasteiger charge is 2.30. The largest absolute Gasteiger partial charge is 0.457 e. The summed E-state index contributed by atoms with van der Waals surface area (Å²) in [7, 11) is 0. The number of anilines is 1. The van der Waals surface area contributed by atoms with Gasteiger partial charge >= 0.3 is 0 Å². The number of nitrogens with one attached hydrogen (secondary N) is 1. The number of likely N-dealkylation sites (tertiary alicyclic amines) is 1. The number of fused-ring (bicyclic) bond motifs is 1. The van der Waals surface area contributed by atoms with Gasteiger partial charge < -0.3 is 14.6 Å². The van der Waals surface area contributed by atoms with Crippen molar-refractivity contribution in [2.45, 2.75) is 59.5 Å². The summed E-state index contributed by atoms with van der Waals surface area (Å²) in [6.07, 6.45) is 2.64. The van der Waals surface area contributed by atoms with Crippen molar-refractivity contribution in [2.24, 2.45) is 16.8 Å². The summed E-state index contributed by atoms with van der Waals surface area (Å²) in [5, 5.41) is 2.32. The van der Waals surface area contributed by atoms with Crippen LogP contribution in [0.2, 0.25) is 0 Å². The lowest BCUT2D eigenvalue weighted by Crippen LogP contribution is -2.39. The van der Waals surface area contributed by atoms with Crippen LogP contribution in [0.1, 0.15) is 53.2 Å². The van der Waals surface area contributed by atoms with Gasteiger partial charge in [0.25, 0.3) is 0 Å². The standard InChI is InChI=1S/C31H42N4OS/c1-21(2)18-35(19-22(3)4)29-17-26(36-25-11-7-6-8-12-25)15-24-16-27(32-30(24)29)31-33-28(20-37-31)23(5)34-13-9-10-14-34/h6-8,11-12,15-17,21-23,28,32H,9-10,13-14,18-20H2,1-5H3/t23?,28-/m1/s1. The minimum atomic E-state index is 0.360. The van der Waals surface area contributed by atoms with Crippen molar-refractivity contribution in [3.05, 3.63) is 54.2 Å². The van der Waals surface area contributed by atoms with Crippen LogP contribution in [-0.2, 0) is 0 Å². The van der Waals surface area contributed by atoms with Gasteiger partial charge in [0.2, 0.25) is 0 Å². The fourth-order valence-electron chi connectivity index (χ4n) is 5.58. The third-order valence-electron chi connectivity index (χ3n) is 7.35. The molecule has 0 radical (unpaired) electrons. The lowest BCUT2D eigenvalue weighted by atomic mass is 10.1. The number of benzene rings is 2. The van der Waals surface area contributed by atoms with Crippen molar-refractivity contribution in [1.82, 2.24) is 9.88 Å². The van der Waals surface area contributed by atoms with E-state index in [0.29, 0.717) is 23.9 Å². The first-order chi connectivity index (χ1) is 17.9. The molecule has 1 fully saturated rings. The van der Waals surface area contributed by atoms with E-state index in [1.807, 2.05) is 42.1 Å². The minimum Gasteiger partial charge on any atom is -0.457 e. The molecule has 0 bridgehead atoms. The zero-order chi connectivity index (χ0) is 25.9. The Morgan fingerprint density at radius 2 is 1.68 bits per heavy atom. The summed E-state index contributed by atoms with van der Waals surface area (Å²) < 4.78 is 6.35. The Bertz CT molecular complexity index is 1200. The van der Waals surface area contributed by atoms with E-state index in [2.05, 4.69) is 67.6 Å². The summed E-state index contributed by atoms with van der Waals surface area (Å²) in [6.45, 7) is 16.0. The topological polar surface area (TPSA) is 43.9 Å². The van der Waals surface area contributed by atoms with E-state index in [0.717, 1.165) is 41.1 Å². The van der Waals surface area contributed by atoms with Crippen LogP contribution in [0.5, 0.6) is 11.5 Å². The van der Waals surface area contributed by atoms with E-state index in [-0.39, 0.29) is 0 Å². The number of aromatic nitrogens is 1. The van der Waals surface area contributed by atoms with E-state index in [4.69, 9.17) is 9.73 Å². The highest BCUT2D eigenvalue weighted by atomic mass is 32.2. The highest BCUT2D eigenvalue weighted by Crippen LogP contribution is 2.37. The predicted molar refractivity (Wildman–Crippen MR) is 160 cm³/mol. The summed E-state index contributed by atoms with van der Waals surface area (Å²) in [5.74, 6) is 3.91. The first-order valence-electron chi connectivity index (χ1n) is 14.0. The summed E-state index contributed by atoms with van der Waals surface area (Å²) in [5.41, 5.74) is 3.52. The number of aromatic amines is 1. The molecule has 6 heteroatoms. The van der Waals surface area contributed by atoms with Gasteiger partial charge in [-0.3, -0.25) is 9.89 Å². The fraction of sp³-hybridized carbons (Fsp3) is 0.516. The third kappa shape index (κ3) is 6.18. The Kier molecular flexibility index (Phi) is 8.15. The molecule has 0 saturated carbocycles. The molecule has 0 aliphatic carbocycles. The van der Waals surface area contributed by atoms with Gasteiger partial charge in [-0.25, -0.2) is 0 Å². The maximum absolute atomic E-state index is 6.35. The average molecular weight is 519 g/mol. The number of rotatable bonds is 10. The number of hydrogen-bond acceptors (Lipinski definition) is 5. The molecule has 1 aromatic heterocycles. The van der Waals surface area contributed by atoms with Crippen LogP contribution in [0.3, 0.4) is 0 Å². The fourth-order valence-corrected chi connectivity index (χ4v) is 6.73. The number of ether oxygens (including phenoxy) is 1. The Hall–Kier alpha value is -2.44. The number of aliphatic imine (C=N–C) groups is 1. The molecule has 198 valence electrons. The molecule has 0 amide bonds. The first kappa shape index (κ1) is 26.2. The molecule has 3 aromatic rings. The SMILES string of the molecule is CC(C)CN(CC(C)C)c1cc(Oc2ccccc2)cc2cc(C3=N[C@@H](C(C)N4CCCC4)CS3)[nH]c12. The molecule has 5 nitrogen and oxygen atoms in total. The van der Waals surface area contributed by atoms with E-state index < -0.39 is 0 Å². The zero-order valence-electron chi connectivity index (χ0n) is 23.0. The van der Waals surface area contributed by atoms with Crippen molar-refractivity contribution >= 4 is 33.4 Å². The normalized spacial score (nSPS) is 19.2. The molecular weight excluding hydrogens is 476 g/mol. The Morgan fingerprint density at radius 1 is 0.973 bits per heavy atom. The lowest BCUT2D eigenvalue weighted by Gasteiger charge is -2.29. The van der Waals surface area contributed by atoms with Gasteiger partial charge in [0, 0.05) is 36.3 Å².